The molecule has 0 radical (unpaired) electrons. The lowest BCUT2D eigenvalue weighted by atomic mass is 10.1. The van der Waals surface area contributed by atoms with Crippen LogP contribution in [0.25, 0.3) is 0 Å². The Kier molecular flexibility index (Phi) is 4.02. The predicted molar refractivity (Wildman–Crippen MR) is 76.6 cm³/mol. The van der Waals surface area contributed by atoms with Crippen LogP contribution in [0, 0.1) is 26.6 Å². The molecule has 0 unspecified atom stereocenters. The first-order valence-electron chi connectivity index (χ1n) is 6.76. The maximum absolute atomic E-state index is 13.3. The van der Waals surface area contributed by atoms with Crippen LogP contribution < -0.4 is 0 Å². The molecule has 4 heteroatoms. The van der Waals surface area contributed by atoms with Crippen LogP contribution in [-0.4, -0.2) is 15.6 Å². The fourth-order valence-corrected chi connectivity index (χ4v) is 2.40. The summed E-state index contributed by atoms with van der Waals surface area (Å²) in [6.45, 7) is 7.99. The fraction of sp³-hybridized carbons (Fsp3) is 0.375. The smallest absolute Gasteiger partial charge is 0.166 e. The number of rotatable bonds is 4. The third-order valence-electron chi connectivity index (χ3n) is 3.61. The van der Waals surface area contributed by atoms with Crippen LogP contribution in [0.3, 0.4) is 0 Å². The summed E-state index contributed by atoms with van der Waals surface area (Å²) in [5, 5.41) is 4.42. The topological polar surface area (TPSA) is 34.9 Å². The van der Waals surface area contributed by atoms with Gasteiger partial charge in [0.15, 0.2) is 5.78 Å². The summed E-state index contributed by atoms with van der Waals surface area (Å²) in [5.74, 6) is -0.154. The van der Waals surface area contributed by atoms with E-state index in [2.05, 4.69) is 5.10 Å². The van der Waals surface area contributed by atoms with Crippen LogP contribution in [0.1, 0.15) is 46.2 Å². The number of carbonyl (C=O) groups excluding carboxylic acids is 1. The molecule has 0 bridgehead atoms. The van der Waals surface area contributed by atoms with E-state index in [1.165, 1.54) is 12.1 Å². The van der Waals surface area contributed by atoms with Crippen molar-refractivity contribution in [2.24, 2.45) is 0 Å². The van der Waals surface area contributed by atoms with Crippen LogP contribution in [0.2, 0.25) is 0 Å². The summed E-state index contributed by atoms with van der Waals surface area (Å²) in [4.78, 5) is 11.9. The molecule has 1 aromatic heterocycles. The van der Waals surface area contributed by atoms with E-state index in [0.717, 1.165) is 22.5 Å². The third-order valence-corrected chi connectivity index (χ3v) is 3.61. The Hall–Kier alpha value is -1.97. The van der Waals surface area contributed by atoms with Gasteiger partial charge in [0.2, 0.25) is 0 Å². The van der Waals surface area contributed by atoms with Crippen LogP contribution in [-0.2, 0) is 6.54 Å². The van der Waals surface area contributed by atoms with Gasteiger partial charge in [0.1, 0.15) is 5.82 Å². The maximum Gasteiger partial charge on any atom is 0.166 e. The molecule has 0 spiro atoms. The Morgan fingerprint density at radius 3 is 2.65 bits per heavy atom. The van der Waals surface area contributed by atoms with Gasteiger partial charge in [0.05, 0.1) is 17.8 Å². The number of nitrogens with zero attached hydrogens (tertiary/aromatic N) is 2. The summed E-state index contributed by atoms with van der Waals surface area (Å²) in [6, 6.07) is 4.73. The molecule has 0 saturated carbocycles. The largest absolute Gasteiger partial charge is 0.294 e. The SMILES string of the molecule is CCC(=O)c1c(C)nn(Cc2cc(F)ccc2C)c1C. The average Bonchev–Trinajstić information content (AvgIpc) is 2.68. The Bertz CT molecular complexity index is 659. The Labute approximate surface area is 118 Å². The van der Waals surface area contributed by atoms with E-state index in [-0.39, 0.29) is 11.6 Å². The quantitative estimate of drug-likeness (QED) is 0.799. The van der Waals surface area contributed by atoms with Crippen molar-refractivity contribution in [1.82, 2.24) is 9.78 Å². The van der Waals surface area contributed by atoms with Gasteiger partial charge >= 0.3 is 0 Å². The molecule has 2 aromatic rings. The van der Waals surface area contributed by atoms with Crippen molar-refractivity contribution in [2.45, 2.75) is 40.7 Å². The van der Waals surface area contributed by atoms with Crippen molar-refractivity contribution < 1.29 is 9.18 Å². The van der Waals surface area contributed by atoms with Crippen LogP contribution in [0.15, 0.2) is 18.2 Å². The van der Waals surface area contributed by atoms with Crippen LogP contribution >= 0.6 is 0 Å². The molecular formula is C16H19FN2O. The number of aryl methyl sites for hydroxylation is 2. The van der Waals surface area contributed by atoms with Crippen molar-refractivity contribution in [1.29, 1.82) is 0 Å². The highest BCUT2D eigenvalue weighted by Crippen LogP contribution is 2.18. The number of halogens is 1. The average molecular weight is 274 g/mol. The van der Waals surface area contributed by atoms with Crippen molar-refractivity contribution in [3.05, 3.63) is 52.1 Å². The minimum absolute atomic E-state index is 0.0993. The zero-order valence-electron chi connectivity index (χ0n) is 12.3. The fourth-order valence-electron chi connectivity index (χ4n) is 2.40. The van der Waals surface area contributed by atoms with Gasteiger partial charge in [0, 0.05) is 12.1 Å². The van der Waals surface area contributed by atoms with Gasteiger partial charge in [-0.15, -0.1) is 0 Å². The molecule has 0 N–H and O–H groups in total. The first-order valence-corrected chi connectivity index (χ1v) is 6.76. The van der Waals surface area contributed by atoms with Gasteiger partial charge in [-0.3, -0.25) is 9.48 Å². The minimum Gasteiger partial charge on any atom is -0.294 e. The highest BCUT2D eigenvalue weighted by atomic mass is 19.1. The van der Waals surface area contributed by atoms with Gasteiger partial charge in [-0.25, -0.2) is 4.39 Å². The Morgan fingerprint density at radius 1 is 1.30 bits per heavy atom. The van der Waals surface area contributed by atoms with Gasteiger partial charge < -0.3 is 0 Å². The zero-order chi connectivity index (χ0) is 14.9. The molecule has 106 valence electrons. The molecule has 0 atom stereocenters. The number of hydrogen-bond donors (Lipinski definition) is 0. The number of benzene rings is 1. The van der Waals surface area contributed by atoms with Crippen molar-refractivity contribution in [3.8, 4) is 0 Å². The van der Waals surface area contributed by atoms with E-state index in [1.54, 1.807) is 10.7 Å². The van der Waals surface area contributed by atoms with Crippen LogP contribution in [0.5, 0.6) is 0 Å². The monoisotopic (exact) mass is 274 g/mol. The van der Waals surface area contributed by atoms with E-state index in [9.17, 15) is 9.18 Å². The number of hydrogen-bond acceptors (Lipinski definition) is 2. The highest BCUT2D eigenvalue weighted by molar-refractivity contribution is 5.97. The van der Waals surface area contributed by atoms with E-state index >= 15 is 0 Å². The number of Topliss-reactive ketones (excluding diaryl/α,β-unsaturated/α-hetero) is 1. The highest BCUT2D eigenvalue weighted by Gasteiger charge is 2.17. The van der Waals surface area contributed by atoms with E-state index in [4.69, 9.17) is 0 Å². The zero-order valence-corrected chi connectivity index (χ0v) is 12.3. The van der Waals surface area contributed by atoms with Crippen molar-refractivity contribution in [3.63, 3.8) is 0 Å². The summed E-state index contributed by atoms with van der Waals surface area (Å²) < 4.78 is 15.1. The van der Waals surface area contributed by atoms with Crippen molar-refractivity contribution >= 4 is 5.78 Å². The second-order valence-electron chi connectivity index (χ2n) is 5.05. The minimum atomic E-state index is -0.253. The normalized spacial score (nSPS) is 10.8. The third kappa shape index (κ3) is 2.64. The molecule has 0 aliphatic heterocycles. The predicted octanol–water partition coefficient (Wildman–Crippen LogP) is 3.59. The standard InChI is InChI=1S/C16H19FN2O/c1-5-15(20)16-11(3)18-19(12(16)4)9-13-8-14(17)7-6-10(13)2/h6-8H,5,9H2,1-4H3. The second-order valence-corrected chi connectivity index (χ2v) is 5.05. The summed E-state index contributed by atoms with van der Waals surface area (Å²) in [7, 11) is 0. The number of aromatic nitrogens is 2. The molecule has 1 aromatic carbocycles. The van der Waals surface area contributed by atoms with E-state index in [0.29, 0.717) is 18.5 Å². The van der Waals surface area contributed by atoms with Gasteiger partial charge in [0.25, 0.3) is 0 Å². The van der Waals surface area contributed by atoms with E-state index in [1.807, 2.05) is 27.7 Å². The molecule has 3 nitrogen and oxygen atoms in total. The molecule has 1 heterocycles. The molecular weight excluding hydrogens is 255 g/mol. The molecule has 0 amide bonds. The maximum atomic E-state index is 13.3. The lowest BCUT2D eigenvalue weighted by Crippen LogP contribution is -2.07. The van der Waals surface area contributed by atoms with E-state index < -0.39 is 0 Å². The Morgan fingerprint density at radius 2 is 2.00 bits per heavy atom. The van der Waals surface area contributed by atoms with Gasteiger partial charge in [-0.05, 0) is 44.0 Å². The van der Waals surface area contributed by atoms with Gasteiger partial charge in [-0.2, -0.15) is 5.10 Å². The second kappa shape index (κ2) is 5.57. The molecule has 20 heavy (non-hydrogen) atoms. The molecule has 0 aliphatic carbocycles. The molecule has 0 saturated heterocycles. The molecule has 2 rings (SSSR count). The van der Waals surface area contributed by atoms with Crippen molar-refractivity contribution in [2.75, 3.05) is 0 Å². The lowest BCUT2D eigenvalue weighted by Gasteiger charge is -2.08. The first-order chi connectivity index (χ1) is 9.43. The summed E-state index contributed by atoms with van der Waals surface area (Å²) >= 11 is 0. The Balaban J connectivity index is 2.40. The molecule has 0 fully saturated rings. The van der Waals surface area contributed by atoms with Crippen LogP contribution in [0.4, 0.5) is 4.39 Å². The number of carbonyl (C=O) groups is 1. The lowest BCUT2D eigenvalue weighted by molar-refractivity contribution is 0.0987. The first kappa shape index (κ1) is 14.4. The molecule has 0 aliphatic rings. The number of ketones is 1. The summed E-state index contributed by atoms with van der Waals surface area (Å²) in [6.07, 6.45) is 0.465. The van der Waals surface area contributed by atoms with Gasteiger partial charge in [-0.1, -0.05) is 13.0 Å². The summed E-state index contributed by atoms with van der Waals surface area (Å²) in [5.41, 5.74) is 4.18.